The van der Waals surface area contributed by atoms with Crippen LogP contribution in [0.25, 0.3) is 56.4 Å². The molecule has 2 aliphatic heterocycles. The van der Waals surface area contributed by atoms with Crippen LogP contribution in [0.1, 0.15) is 0 Å². The quantitative estimate of drug-likeness (QED) is 0.135. The number of hydrogen-bond acceptors (Lipinski definition) is 5. The Morgan fingerprint density at radius 3 is 0.855 bits per heavy atom. The molecule has 0 bridgehead atoms. The molecular weight excluding hydrogens is 920 g/mol. The van der Waals surface area contributed by atoms with Gasteiger partial charge in [-0.05, 0) is 69.4 Å². The largest absolute Gasteiger partial charge is 0.310 e. The average Bonchev–Trinajstić information content (AvgIpc) is 3.65. The van der Waals surface area contributed by atoms with Gasteiger partial charge in [-0.2, -0.15) is 0 Å². The van der Waals surface area contributed by atoms with Crippen molar-refractivity contribution in [2.45, 2.75) is 0 Å². The predicted molar refractivity (Wildman–Crippen MR) is 319 cm³/mol. The topological polar surface area (TPSA) is 45.2 Å². The van der Waals surface area contributed by atoms with Crippen LogP contribution >= 0.6 is 0 Å². The fraction of sp³-hybridized carbons (Fsp3) is 0. The molecule has 5 nitrogen and oxygen atoms in total. The molecule has 76 heavy (non-hydrogen) atoms. The van der Waals surface area contributed by atoms with Gasteiger partial charge in [0.05, 0.1) is 11.4 Å². The molecule has 0 saturated heterocycles. The van der Waals surface area contributed by atoms with E-state index in [1.54, 1.807) is 0 Å². The summed E-state index contributed by atoms with van der Waals surface area (Å²) < 4.78 is 0. The molecule has 0 amide bonds. The molecule has 0 saturated carbocycles. The third-order valence-corrected chi connectivity index (χ3v) is 15.1. The molecule has 0 aliphatic carbocycles. The maximum atomic E-state index is 5.75. The van der Waals surface area contributed by atoms with Gasteiger partial charge in [0, 0.05) is 50.6 Å². The highest BCUT2D eigenvalue weighted by Crippen LogP contribution is 2.49. The van der Waals surface area contributed by atoms with Crippen LogP contribution in [0.3, 0.4) is 0 Å². The molecule has 0 radical (unpaired) electrons. The van der Waals surface area contributed by atoms with Crippen molar-refractivity contribution in [3.8, 4) is 56.4 Å². The van der Waals surface area contributed by atoms with E-state index in [-0.39, 0.29) is 13.4 Å². The van der Waals surface area contributed by atoms with E-state index in [1.807, 2.05) is 6.07 Å². The summed E-state index contributed by atoms with van der Waals surface area (Å²) in [4.78, 5) is 21.7. The van der Waals surface area contributed by atoms with Gasteiger partial charge in [-0.15, -0.1) is 0 Å². The van der Waals surface area contributed by atoms with Gasteiger partial charge in [0.15, 0.2) is 17.5 Å². The number of benzene rings is 11. The van der Waals surface area contributed by atoms with Crippen molar-refractivity contribution >= 4 is 80.3 Å². The van der Waals surface area contributed by atoms with E-state index in [2.05, 4.69) is 289 Å². The first-order valence-electron chi connectivity index (χ1n) is 26.0. The lowest BCUT2D eigenvalue weighted by molar-refractivity contribution is 1.07. The van der Waals surface area contributed by atoms with Crippen molar-refractivity contribution in [2.24, 2.45) is 0 Å². The van der Waals surface area contributed by atoms with E-state index in [0.29, 0.717) is 17.5 Å². The zero-order valence-electron chi connectivity index (χ0n) is 41.5. The third-order valence-electron chi connectivity index (χ3n) is 15.1. The first-order valence-corrected chi connectivity index (χ1v) is 26.0. The molecule has 3 heterocycles. The second-order valence-corrected chi connectivity index (χ2v) is 19.4. The van der Waals surface area contributed by atoms with Gasteiger partial charge in [0.25, 0.3) is 0 Å². The van der Waals surface area contributed by atoms with Crippen molar-refractivity contribution in [1.82, 2.24) is 15.0 Å². The van der Waals surface area contributed by atoms with Crippen LogP contribution in [-0.4, -0.2) is 28.4 Å². The summed E-state index contributed by atoms with van der Waals surface area (Å²) in [5, 5.41) is 0. The van der Waals surface area contributed by atoms with Crippen molar-refractivity contribution in [1.29, 1.82) is 0 Å². The summed E-state index contributed by atoms with van der Waals surface area (Å²) >= 11 is 0. The predicted octanol–water partition coefficient (Wildman–Crippen LogP) is 12.8. The lowest BCUT2D eigenvalue weighted by Gasteiger charge is -2.39. The van der Waals surface area contributed by atoms with Crippen LogP contribution in [0.15, 0.2) is 285 Å². The minimum atomic E-state index is 0.0222. The van der Waals surface area contributed by atoms with Crippen molar-refractivity contribution in [3.05, 3.63) is 285 Å². The summed E-state index contributed by atoms with van der Waals surface area (Å²) in [6.45, 7) is 0.0444. The number of anilines is 6. The third kappa shape index (κ3) is 7.71. The first kappa shape index (κ1) is 44.8. The number of rotatable bonds is 9. The highest BCUT2D eigenvalue weighted by atomic mass is 15.2. The van der Waals surface area contributed by atoms with Crippen molar-refractivity contribution in [3.63, 3.8) is 0 Å². The highest BCUT2D eigenvalue weighted by molar-refractivity contribution is 6.98. The Kier molecular flexibility index (Phi) is 11.3. The zero-order chi connectivity index (χ0) is 50.4. The SMILES string of the molecule is c1ccc(B2c3ccccc3N(c3c(-c4ccccc4)cccc3-c3nc(-c4ccccc4)nc(-c4cccc(-c5ccccc5)c4N4c5ccccc5B(c5ccccc5)c5ccccc54)n3)c3ccccc32)cc1. The molecule has 0 unspecified atom stereocenters. The maximum absolute atomic E-state index is 5.75. The molecule has 0 spiro atoms. The Morgan fingerprint density at radius 2 is 0.500 bits per heavy atom. The van der Waals surface area contributed by atoms with E-state index >= 15 is 0 Å². The van der Waals surface area contributed by atoms with Gasteiger partial charge in [0.1, 0.15) is 0 Å². The Balaban J connectivity index is 1.05. The van der Waals surface area contributed by atoms with Crippen LogP contribution in [0.4, 0.5) is 34.1 Å². The second kappa shape index (κ2) is 19.2. The molecular formula is C69H47B2N5. The fourth-order valence-corrected chi connectivity index (χ4v) is 11.8. The molecule has 7 heteroatoms. The molecule has 354 valence electrons. The normalized spacial score (nSPS) is 12.4. The Morgan fingerprint density at radius 1 is 0.224 bits per heavy atom. The fourth-order valence-electron chi connectivity index (χ4n) is 11.8. The monoisotopic (exact) mass is 967 g/mol. The van der Waals surface area contributed by atoms with Gasteiger partial charge in [-0.1, -0.05) is 260 Å². The maximum Gasteiger partial charge on any atom is 0.246 e. The Bertz CT molecular complexity index is 3740. The highest BCUT2D eigenvalue weighted by Gasteiger charge is 2.39. The van der Waals surface area contributed by atoms with Gasteiger partial charge < -0.3 is 9.80 Å². The number of hydrogen-bond donors (Lipinski definition) is 0. The lowest BCUT2D eigenvalue weighted by atomic mass is 9.35. The van der Waals surface area contributed by atoms with Crippen molar-refractivity contribution in [2.75, 3.05) is 9.80 Å². The standard InChI is InChI=1S/C69H47B2N5/c1-6-26-48(27-7-1)53-36-24-38-55(65(53)75-61-44-20-16-40-57(61)70(51-32-12-4-13-33-51)58-41-17-21-45-62(58)75)68-72-67(50-30-10-3-11-31-50)73-69(74-68)56-39-25-37-54(49-28-8-2-9-29-49)66(56)76-63-46-22-18-42-59(63)71(52-34-14-5-15-35-52)60-43-19-23-47-64(60)76/h1-47H. The molecule has 0 atom stereocenters. The van der Waals surface area contributed by atoms with Gasteiger partial charge in [-0.25, -0.2) is 15.0 Å². The lowest BCUT2D eigenvalue weighted by Crippen LogP contribution is -2.57. The van der Waals surface area contributed by atoms with Crippen LogP contribution in [-0.2, 0) is 0 Å². The van der Waals surface area contributed by atoms with Crippen molar-refractivity contribution < 1.29 is 0 Å². The number of nitrogens with zero attached hydrogens (tertiary/aromatic N) is 5. The minimum absolute atomic E-state index is 0.0222. The molecule has 1 aromatic heterocycles. The van der Waals surface area contributed by atoms with E-state index in [1.165, 1.54) is 32.8 Å². The van der Waals surface area contributed by atoms with E-state index in [9.17, 15) is 0 Å². The van der Waals surface area contributed by atoms with Crippen LogP contribution in [0, 0.1) is 0 Å². The number of fused-ring (bicyclic) bond motifs is 4. The minimum Gasteiger partial charge on any atom is -0.310 e. The summed E-state index contributed by atoms with van der Waals surface area (Å²) in [6.07, 6.45) is 0. The number of para-hydroxylation sites is 6. The Hall–Kier alpha value is -9.84. The van der Waals surface area contributed by atoms with E-state index in [4.69, 9.17) is 15.0 Å². The summed E-state index contributed by atoms with van der Waals surface area (Å²) in [5.74, 6) is 1.72. The molecule has 0 N–H and O–H groups in total. The second-order valence-electron chi connectivity index (χ2n) is 19.4. The average molecular weight is 968 g/mol. The smallest absolute Gasteiger partial charge is 0.246 e. The molecule has 12 aromatic rings. The summed E-state index contributed by atoms with van der Waals surface area (Å²) in [7, 11) is 0. The van der Waals surface area contributed by atoms with E-state index in [0.717, 1.165) is 73.1 Å². The summed E-state index contributed by atoms with van der Waals surface area (Å²) in [6, 6.07) is 102. The van der Waals surface area contributed by atoms with Crippen LogP contribution in [0.2, 0.25) is 0 Å². The molecule has 0 fully saturated rings. The molecule has 14 rings (SSSR count). The zero-order valence-corrected chi connectivity index (χ0v) is 41.5. The molecule has 11 aromatic carbocycles. The van der Waals surface area contributed by atoms with Crippen LogP contribution in [0.5, 0.6) is 0 Å². The van der Waals surface area contributed by atoms with Gasteiger partial charge in [-0.3, -0.25) is 0 Å². The molecule has 2 aliphatic rings. The van der Waals surface area contributed by atoms with E-state index < -0.39 is 0 Å². The summed E-state index contributed by atoms with van der Waals surface area (Å²) in [5.41, 5.74) is 20.7. The first-order chi connectivity index (χ1) is 37.8. The Labute approximate surface area is 444 Å². The van der Waals surface area contributed by atoms with Gasteiger partial charge in [0.2, 0.25) is 13.4 Å². The van der Waals surface area contributed by atoms with Crippen LogP contribution < -0.4 is 42.6 Å². The van der Waals surface area contributed by atoms with Gasteiger partial charge >= 0.3 is 0 Å². The number of aromatic nitrogens is 3.